The summed E-state index contributed by atoms with van der Waals surface area (Å²) in [5.74, 6) is 1.04. The van der Waals surface area contributed by atoms with Crippen LogP contribution in [0.4, 0.5) is 0 Å². The number of carbonyl (C=O) groups is 2. The summed E-state index contributed by atoms with van der Waals surface area (Å²) in [5, 5.41) is 2.72. The molecule has 2 heterocycles. The molecule has 0 radical (unpaired) electrons. The molecule has 5 rings (SSSR count). The van der Waals surface area contributed by atoms with Gasteiger partial charge < -0.3 is 24.1 Å². The minimum atomic E-state index is -0.321. The van der Waals surface area contributed by atoms with Crippen molar-refractivity contribution in [3.63, 3.8) is 0 Å². The van der Waals surface area contributed by atoms with E-state index in [0.29, 0.717) is 31.3 Å². The Morgan fingerprint density at radius 3 is 2.68 bits per heavy atom. The molecule has 2 aliphatic rings. The minimum absolute atomic E-state index is 0.0874. The molecule has 38 heavy (non-hydrogen) atoms. The Hall–Kier alpha value is -3.65. The van der Waals surface area contributed by atoms with Gasteiger partial charge in [-0.1, -0.05) is 48.7 Å². The number of nitrogens with zero attached hydrogens (tertiary/aromatic N) is 2. The Morgan fingerprint density at radius 2 is 1.92 bits per heavy atom. The molecule has 200 valence electrons. The maximum atomic E-state index is 13.6. The van der Waals surface area contributed by atoms with E-state index in [4.69, 9.17) is 13.9 Å². The van der Waals surface area contributed by atoms with Crippen molar-refractivity contribution in [3.05, 3.63) is 82.6 Å². The lowest BCUT2D eigenvalue weighted by molar-refractivity contribution is -0.137. The van der Waals surface area contributed by atoms with Crippen molar-refractivity contribution < 1.29 is 23.5 Å². The van der Waals surface area contributed by atoms with E-state index in [1.807, 2.05) is 12.1 Å². The van der Waals surface area contributed by atoms with Crippen molar-refractivity contribution in [3.8, 4) is 5.75 Å². The smallest absolute Gasteiger partial charge is 0.273 e. The number of benzene rings is 2. The maximum Gasteiger partial charge on any atom is 0.273 e. The van der Waals surface area contributed by atoms with Crippen molar-refractivity contribution in [2.24, 2.45) is 5.92 Å². The Balaban J connectivity index is 1.35. The van der Waals surface area contributed by atoms with Crippen molar-refractivity contribution in [1.29, 1.82) is 0 Å². The molecule has 0 saturated heterocycles. The van der Waals surface area contributed by atoms with Crippen LogP contribution in [0, 0.1) is 12.8 Å². The topological polar surface area (TPSA) is 93.9 Å². The first-order chi connectivity index (χ1) is 18.5. The maximum absolute atomic E-state index is 13.6. The lowest BCUT2D eigenvalue weighted by Crippen LogP contribution is -2.43. The van der Waals surface area contributed by atoms with E-state index in [2.05, 4.69) is 52.5 Å². The van der Waals surface area contributed by atoms with Crippen molar-refractivity contribution in [2.75, 3.05) is 26.8 Å². The molecule has 3 aromatic rings. The number of hydrogen-bond acceptors (Lipinski definition) is 6. The monoisotopic (exact) mass is 517 g/mol. The molecule has 0 bridgehead atoms. The molecule has 1 N–H and O–H groups in total. The van der Waals surface area contributed by atoms with E-state index < -0.39 is 0 Å². The fourth-order valence-corrected chi connectivity index (χ4v) is 5.42. The summed E-state index contributed by atoms with van der Waals surface area (Å²) < 4.78 is 16.4. The molecule has 8 heteroatoms. The second-order valence-corrected chi connectivity index (χ2v) is 10.1. The van der Waals surface area contributed by atoms with E-state index in [0.717, 1.165) is 43.2 Å². The third-order valence-corrected chi connectivity index (χ3v) is 7.46. The number of aromatic nitrogens is 1. The number of rotatable bonds is 9. The highest BCUT2D eigenvalue weighted by Gasteiger charge is 2.36. The number of oxazole rings is 1. The summed E-state index contributed by atoms with van der Waals surface area (Å²) in [7, 11) is 1.58. The molecule has 2 aromatic carbocycles. The molecule has 1 atom stereocenters. The van der Waals surface area contributed by atoms with Gasteiger partial charge in [-0.2, -0.15) is 0 Å². The molecule has 0 unspecified atom stereocenters. The zero-order valence-corrected chi connectivity index (χ0v) is 22.1. The van der Waals surface area contributed by atoms with Crippen LogP contribution in [-0.2, 0) is 22.6 Å². The van der Waals surface area contributed by atoms with Crippen LogP contribution in [-0.4, -0.2) is 48.5 Å². The largest absolute Gasteiger partial charge is 0.484 e. The Morgan fingerprint density at radius 1 is 1.13 bits per heavy atom. The normalized spacial score (nSPS) is 17.3. The number of methoxy groups -OCH3 is 1. The van der Waals surface area contributed by atoms with Crippen molar-refractivity contribution in [2.45, 2.75) is 51.7 Å². The number of carbonyl (C=O) groups excluding carboxylic acids is 2. The molecule has 8 nitrogen and oxygen atoms in total. The van der Waals surface area contributed by atoms with Crippen LogP contribution in [0.25, 0.3) is 0 Å². The predicted octanol–water partition coefficient (Wildman–Crippen LogP) is 4.60. The number of hydrogen-bond donors (Lipinski definition) is 1. The number of fused-ring (bicyclic) bond motifs is 1. The Kier molecular flexibility index (Phi) is 8.08. The van der Waals surface area contributed by atoms with Gasteiger partial charge in [-0.25, -0.2) is 4.98 Å². The summed E-state index contributed by atoms with van der Waals surface area (Å²) >= 11 is 0. The number of amides is 2. The van der Waals surface area contributed by atoms with Crippen LogP contribution in [0.1, 0.15) is 70.4 Å². The van der Waals surface area contributed by atoms with Gasteiger partial charge in [0, 0.05) is 26.1 Å². The average Bonchev–Trinajstić information content (AvgIpc) is 3.64. The van der Waals surface area contributed by atoms with E-state index in [1.54, 1.807) is 7.11 Å². The lowest BCUT2D eigenvalue weighted by Gasteiger charge is -2.39. The Labute approximate surface area is 223 Å². The van der Waals surface area contributed by atoms with Gasteiger partial charge in [0.25, 0.3) is 5.91 Å². The lowest BCUT2D eigenvalue weighted by atomic mass is 9.86. The van der Waals surface area contributed by atoms with Gasteiger partial charge in [-0.15, -0.1) is 0 Å². The van der Waals surface area contributed by atoms with Crippen LogP contribution in [0.15, 0.2) is 53.1 Å². The summed E-state index contributed by atoms with van der Waals surface area (Å²) in [5.41, 5.74) is 4.81. The van der Waals surface area contributed by atoms with Gasteiger partial charge >= 0.3 is 0 Å². The number of nitrogens with one attached hydrogen (secondary N) is 1. The molecule has 2 amide bonds. The first kappa shape index (κ1) is 26.0. The first-order valence-corrected chi connectivity index (χ1v) is 13.4. The third kappa shape index (κ3) is 5.75. The molecular formula is C30H35N3O5. The van der Waals surface area contributed by atoms with Gasteiger partial charge in [-0.05, 0) is 55.0 Å². The molecule has 1 aliphatic carbocycles. The highest BCUT2D eigenvalue weighted by Crippen LogP contribution is 2.39. The van der Waals surface area contributed by atoms with Gasteiger partial charge in [0.15, 0.2) is 12.3 Å². The summed E-state index contributed by atoms with van der Waals surface area (Å²) in [4.78, 5) is 32.1. The van der Waals surface area contributed by atoms with Gasteiger partial charge in [0.2, 0.25) is 11.8 Å². The third-order valence-electron chi connectivity index (χ3n) is 7.46. The quantitative estimate of drug-likeness (QED) is 0.417. The van der Waals surface area contributed by atoms with Crippen LogP contribution >= 0.6 is 0 Å². The number of aryl methyl sites for hydroxylation is 1. The molecule has 1 saturated carbocycles. The highest BCUT2D eigenvalue weighted by atomic mass is 16.5. The fourth-order valence-electron chi connectivity index (χ4n) is 5.42. The average molecular weight is 518 g/mol. The van der Waals surface area contributed by atoms with Crippen LogP contribution in [0.2, 0.25) is 0 Å². The predicted molar refractivity (Wildman–Crippen MR) is 142 cm³/mol. The van der Waals surface area contributed by atoms with Gasteiger partial charge in [0.05, 0.1) is 12.6 Å². The molecule has 1 aromatic heterocycles. The molecule has 1 fully saturated rings. The molecule has 0 spiro atoms. The summed E-state index contributed by atoms with van der Waals surface area (Å²) in [6, 6.07) is 14.4. The molecule has 1 aliphatic heterocycles. The van der Waals surface area contributed by atoms with Crippen LogP contribution in [0.5, 0.6) is 5.75 Å². The first-order valence-electron chi connectivity index (χ1n) is 13.4. The van der Waals surface area contributed by atoms with Crippen molar-refractivity contribution in [1.82, 2.24) is 15.2 Å². The minimum Gasteiger partial charge on any atom is -0.484 e. The zero-order valence-electron chi connectivity index (χ0n) is 22.1. The Bertz CT molecular complexity index is 1260. The summed E-state index contributed by atoms with van der Waals surface area (Å²) in [6.07, 6.45) is 6.37. The fraction of sp³-hybridized carbons (Fsp3) is 0.433. The molecular weight excluding hydrogens is 482 g/mol. The van der Waals surface area contributed by atoms with Gasteiger partial charge in [-0.3, -0.25) is 9.59 Å². The van der Waals surface area contributed by atoms with Crippen LogP contribution < -0.4 is 10.1 Å². The van der Waals surface area contributed by atoms with E-state index in [9.17, 15) is 9.59 Å². The van der Waals surface area contributed by atoms with Crippen molar-refractivity contribution >= 4 is 11.8 Å². The SMILES string of the molecule is COCCNC(=O)c1coc(COc2ccc3c(c2)[C@H](c2ccc(C)cc2)N(C(=O)C2CCCC2)CC3)n1. The highest BCUT2D eigenvalue weighted by molar-refractivity contribution is 5.91. The second-order valence-electron chi connectivity index (χ2n) is 10.1. The summed E-state index contributed by atoms with van der Waals surface area (Å²) in [6.45, 7) is 3.69. The van der Waals surface area contributed by atoms with E-state index >= 15 is 0 Å². The van der Waals surface area contributed by atoms with Gasteiger partial charge in [0.1, 0.15) is 12.0 Å². The zero-order chi connectivity index (χ0) is 26.5. The van der Waals surface area contributed by atoms with Crippen LogP contribution in [0.3, 0.4) is 0 Å². The standard InChI is InChI=1S/C30H35N3O5/c1-20-7-9-22(10-8-20)28-25-17-24(37-19-27-32-26(18-38-27)29(34)31-14-16-36-2)12-11-21(25)13-15-33(28)30(35)23-5-3-4-6-23/h7-12,17-18,23,28H,3-6,13-16,19H2,1-2H3,(H,31,34)/t28-/m0/s1. The number of ether oxygens (including phenoxy) is 2. The van der Waals surface area contributed by atoms with E-state index in [1.165, 1.54) is 17.4 Å². The van der Waals surface area contributed by atoms with E-state index in [-0.39, 0.29) is 36.1 Å². The second kappa shape index (κ2) is 11.8.